The van der Waals surface area contributed by atoms with Crippen LogP contribution < -0.4 is 5.73 Å². The van der Waals surface area contributed by atoms with Crippen molar-refractivity contribution in [2.45, 2.75) is 23.6 Å². The Morgan fingerprint density at radius 2 is 1.88 bits per heavy atom. The molecule has 24 heavy (non-hydrogen) atoms. The Morgan fingerprint density at radius 1 is 1.17 bits per heavy atom. The molecule has 0 bridgehead atoms. The first-order valence-electron chi connectivity index (χ1n) is 7.57. The molecule has 3 aromatic rings. The highest BCUT2D eigenvalue weighted by Gasteiger charge is 2.18. The van der Waals surface area contributed by atoms with Crippen LogP contribution in [0.3, 0.4) is 0 Å². The molecule has 0 fully saturated rings. The maximum atomic E-state index is 11.6. The maximum absolute atomic E-state index is 11.6. The van der Waals surface area contributed by atoms with Gasteiger partial charge in [-0.1, -0.05) is 64.9 Å². The van der Waals surface area contributed by atoms with Crippen molar-refractivity contribution in [1.29, 1.82) is 0 Å². The summed E-state index contributed by atoms with van der Waals surface area (Å²) in [5, 5.41) is 1.41. The van der Waals surface area contributed by atoms with E-state index in [1.54, 1.807) is 0 Å². The van der Waals surface area contributed by atoms with E-state index in [2.05, 4.69) is 20.9 Å². The van der Waals surface area contributed by atoms with Crippen LogP contribution in [-0.2, 0) is 4.79 Å². The summed E-state index contributed by atoms with van der Waals surface area (Å²) in [6.45, 7) is 1.95. The molecule has 3 rings (SSSR count). The van der Waals surface area contributed by atoms with Crippen LogP contribution in [0.1, 0.15) is 13.3 Å². The standard InChI is InChI=1S/C18H16BrN3OS/c1-2-15(16(20)23)24-18-13-5-3-4-6-14(13)21-17(22-18)11-7-9-12(19)10-8-11/h3-10,15H,2H2,1H3,(H2,20,23). The zero-order chi connectivity index (χ0) is 17.1. The number of amides is 1. The van der Waals surface area contributed by atoms with E-state index < -0.39 is 0 Å². The summed E-state index contributed by atoms with van der Waals surface area (Å²) in [6, 6.07) is 15.7. The van der Waals surface area contributed by atoms with E-state index in [0.29, 0.717) is 12.2 Å². The van der Waals surface area contributed by atoms with Crippen molar-refractivity contribution in [2.75, 3.05) is 0 Å². The van der Waals surface area contributed by atoms with Gasteiger partial charge in [0.05, 0.1) is 10.8 Å². The molecule has 0 radical (unpaired) electrons. The molecule has 4 nitrogen and oxygen atoms in total. The molecule has 0 saturated carbocycles. The van der Waals surface area contributed by atoms with E-state index >= 15 is 0 Å². The Labute approximate surface area is 153 Å². The third kappa shape index (κ3) is 3.60. The van der Waals surface area contributed by atoms with Gasteiger partial charge >= 0.3 is 0 Å². The predicted molar refractivity (Wildman–Crippen MR) is 102 cm³/mol. The summed E-state index contributed by atoms with van der Waals surface area (Å²) in [5.41, 5.74) is 7.28. The van der Waals surface area contributed by atoms with Gasteiger partial charge in [-0.2, -0.15) is 0 Å². The molecule has 1 unspecified atom stereocenters. The first-order valence-corrected chi connectivity index (χ1v) is 9.24. The van der Waals surface area contributed by atoms with E-state index in [1.807, 2.05) is 55.5 Å². The van der Waals surface area contributed by atoms with Gasteiger partial charge in [0.25, 0.3) is 0 Å². The molecule has 1 amide bonds. The number of halogens is 1. The minimum atomic E-state index is -0.324. The number of benzene rings is 2. The van der Waals surface area contributed by atoms with Gasteiger partial charge in [0.1, 0.15) is 5.03 Å². The molecule has 0 aliphatic carbocycles. The highest BCUT2D eigenvalue weighted by Crippen LogP contribution is 2.32. The van der Waals surface area contributed by atoms with Gasteiger partial charge < -0.3 is 5.73 Å². The molecule has 1 heterocycles. The second-order valence-electron chi connectivity index (χ2n) is 5.29. The highest BCUT2D eigenvalue weighted by atomic mass is 79.9. The molecular formula is C18H16BrN3OS. The average molecular weight is 402 g/mol. The third-order valence-corrected chi connectivity index (χ3v) is 5.53. The Bertz CT molecular complexity index is 883. The zero-order valence-electron chi connectivity index (χ0n) is 13.1. The molecule has 1 atom stereocenters. The highest BCUT2D eigenvalue weighted by molar-refractivity contribution is 9.10. The smallest absolute Gasteiger partial charge is 0.230 e. The van der Waals surface area contributed by atoms with Crippen molar-refractivity contribution in [3.05, 3.63) is 53.0 Å². The summed E-state index contributed by atoms with van der Waals surface area (Å²) in [7, 11) is 0. The fraction of sp³-hybridized carbons (Fsp3) is 0.167. The minimum absolute atomic E-state index is 0.305. The van der Waals surface area contributed by atoms with Crippen molar-refractivity contribution in [1.82, 2.24) is 9.97 Å². The Hall–Kier alpha value is -1.92. The fourth-order valence-corrected chi connectivity index (χ4v) is 3.60. The molecule has 0 aliphatic heterocycles. The van der Waals surface area contributed by atoms with Crippen molar-refractivity contribution in [2.24, 2.45) is 5.73 Å². The van der Waals surface area contributed by atoms with Gasteiger partial charge in [0.15, 0.2) is 5.82 Å². The van der Waals surface area contributed by atoms with E-state index in [4.69, 9.17) is 10.7 Å². The summed E-state index contributed by atoms with van der Waals surface area (Å²) in [6.07, 6.45) is 0.659. The Balaban J connectivity index is 2.12. The van der Waals surface area contributed by atoms with E-state index in [-0.39, 0.29) is 11.2 Å². The van der Waals surface area contributed by atoms with Crippen LogP contribution in [0.25, 0.3) is 22.3 Å². The minimum Gasteiger partial charge on any atom is -0.369 e. The monoisotopic (exact) mass is 401 g/mol. The quantitative estimate of drug-likeness (QED) is 0.507. The van der Waals surface area contributed by atoms with Crippen LogP contribution >= 0.6 is 27.7 Å². The van der Waals surface area contributed by atoms with E-state index in [1.165, 1.54) is 11.8 Å². The topological polar surface area (TPSA) is 68.9 Å². The lowest BCUT2D eigenvalue weighted by Gasteiger charge is -2.13. The van der Waals surface area contributed by atoms with Gasteiger partial charge in [-0.25, -0.2) is 9.97 Å². The van der Waals surface area contributed by atoms with Gasteiger partial charge in [0, 0.05) is 15.4 Å². The molecule has 0 saturated heterocycles. The number of fused-ring (bicyclic) bond motifs is 1. The molecule has 2 N–H and O–H groups in total. The summed E-state index contributed by atoms with van der Waals surface area (Å²) in [4.78, 5) is 21.0. The molecule has 1 aromatic heterocycles. The van der Waals surface area contributed by atoms with Crippen LogP contribution in [0, 0.1) is 0 Å². The number of primary amides is 1. The number of rotatable bonds is 5. The first kappa shape index (κ1) is 16.9. The summed E-state index contributed by atoms with van der Waals surface area (Å²) < 4.78 is 1.00. The van der Waals surface area contributed by atoms with E-state index in [9.17, 15) is 4.79 Å². The van der Waals surface area contributed by atoms with Crippen molar-refractivity contribution in [3.8, 4) is 11.4 Å². The van der Waals surface area contributed by atoms with E-state index in [0.717, 1.165) is 26.0 Å². The third-order valence-electron chi connectivity index (χ3n) is 3.61. The van der Waals surface area contributed by atoms with Gasteiger partial charge in [-0.05, 0) is 24.6 Å². The number of nitrogens with zero attached hydrogens (tertiary/aromatic N) is 2. The second-order valence-corrected chi connectivity index (χ2v) is 7.40. The molecule has 122 valence electrons. The molecule has 2 aromatic carbocycles. The second kappa shape index (κ2) is 7.32. The first-order chi connectivity index (χ1) is 11.6. The van der Waals surface area contributed by atoms with Gasteiger partial charge in [-0.3, -0.25) is 4.79 Å². The Morgan fingerprint density at radius 3 is 2.54 bits per heavy atom. The van der Waals surface area contributed by atoms with Crippen LogP contribution in [0.2, 0.25) is 0 Å². The molecule has 0 spiro atoms. The molecular weight excluding hydrogens is 386 g/mol. The SMILES string of the molecule is CCC(Sc1nc(-c2ccc(Br)cc2)nc2ccccc12)C(N)=O. The summed E-state index contributed by atoms with van der Waals surface area (Å²) in [5.74, 6) is 0.318. The number of hydrogen-bond acceptors (Lipinski definition) is 4. The number of nitrogens with two attached hydrogens (primary N) is 1. The number of hydrogen-bond donors (Lipinski definition) is 1. The van der Waals surface area contributed by atoms with Crippen LogP contribution in [0.4, 0.5) is 0 Å². The largest absolute Gasteiger partial charge is 0.369 e. The number of aromatic nitrogens is 2. The summed E-state index contributed by atoms with van der Waals surface area (Å²) >= 11 is 4.84. The number of para-hydroxylation sites is 1. The van der Waals surface area contributed by atoms with Crippen molar-refractivity contribution < 1.29 is 4.79 Å². The molecule has 0 aliphatic rings. The number of carbonyl (C=O) groups excluding carboxylic acids is 1. The zero-order valence-corrected chi connectivity index (χ0v) is 15.5. The lowest BCUT2D eigenvalue weighted by Crippen LogP contribution is -2.25. The lowest BCUT2D eigenvalue weighted by atomic mass is 10.2. The normalized spacial score (nSPS) is 12.2. The lowest BCUT2D eigenvalue weighted by molar-refractivity contribution is -0.117. The number of thioether (sulfide) groups is 1. The van der Waals surface area contributed by atoms with Gasteiger partial charge in [-0.15, -0.1) is 0 Å². The predicted octanol–water partition coefficient (Wildman–Crippen LogP) is 4.42. The fourth-order valence-electron chi connectivity index (χ4n) is 2.34. The van der Waals surface area contributed by atoms with Crippen LogP contribution in [-0.4, -0.2) is 21.1 Å². The van der Waals surface area contributed by atoms with Crippen LogP contribution in [0.15, 0.2) is 58.0 Å². The van der Waals surface area contributed by atoms with Crippen LogP contribution in [0.5, 0.6) is 0 Å². The van der Waals surface area contributed by atoms with Crippen molar-refractivity contribution in [3.63, 3.8) is 0 Å². The van der Waals surface area contributed by atoms with Gasteiger partial charge in [0.2, 0.25) is 5.91 Å². The Kier molecular flexibility index (Phi) is 5.16. The maximum Gasteiger partial charge on any atom is 0.230 e. The molecule has 6 heteroatoms. The van der Waals surface area contributed by atoms with Crippen molar-refractivity contribution >= 4 is 44.5 Å². The average Bonchev–Trinajstić information content (AvgIpc) is 2.59. The number of carbonyl (C=O) groups is 1.